The number of benzene rings is 1. The van der Waals surface area contributed by atoms with Crippen molar-refractivity contribution in [3.8, 4) is 5.75 Å². The van der Waals surface area contributed by atoms with E-state index in [1.54, 1.807) is 11.0 Å². The number of aromatic nitrogens is 4. The summed E-state index contributed by atoms with van der Waals surface area (Å²) in [7, 11) is 0. The van der Waals surface area contributed by atoms with Gasteiger partial charge in [-0.3, -0.25) is 4.79 Å². The van der Waals surface area contributed by atoms with Crippen molar-refractivity contribution in [2.24, 2.45) is 0 Å². The topological polar surface area (TPSA) is 96.0 Å². The van der Waals surface area contributed by atoms with Crippen LogP contribution in [0.15, 0.2) is 49.3 Å². The quantitative estimate of drug-likeness (QED) is 0.565. The SMILES string of the molecule is C=CC(=O)N1CCC(Nc2ncnc3[nH]c(/C=C/COc4ccccc4Cl)nc23)C1. The van der Waals surface area contributed by atoms with E-state index in [0.29, 0.717) is 53.3 Å². The number of hydrogen-bond acceptors (Lipinski definition) is 6. The minimum absolute atomic E-state index is 0.0571. The summed E-state index contributed by atoms with van der Waals surface area (Å²) in [5, 5.41) is 3.95. The molecule has 0 spiro atoms. The number of carbonyl (C=O) groups excluding carboxylic acids is 1. The van der Waals surface area contributed by atoms with Crippen LogP contribution in [-0.4, -0.2) is 56.5 Å². The van der Waals surface area contributed by atoms with E-state index >= 15 is 0 Å². The van der Waals surface area contributed by atoms with Gasteiger partial charge in [-0.1, -0.05) is 30.3 Å². The number of ether oxygens (including phenoxy) is 1. The lowest BCUT2D eigenvalue weighted by molar-refractivity contribution is -0.125. The van der Waals surface area contributed by atoms with Crippen LogP contribution in [-0.2, 0) is 4.79 Å². The lowest BCUT2D eigenvalue weighted by Gasteiger charge is -2.15. The molecule has 1 aromatic carbocycles. The molecule has 4 rings (SSSR count). The summed E-state index contributed by atoms with van der Waals surface area (Å²) < 4.78 is 5.64. The summed E-state index contributed by atoms with van der Waals surface area (Å²) in [6.45, 7) is 5.19. The largest absolute Gasteiger partial charge is 0.488 e. The normalized spacial score (nSPS) is 16.3. The fraction of sp³-hybridized carbons (Fsp3) is 0.238. The number of halogens is 1. The molecule has 30 heavy (non-hydrogen) atoms. The summed E-state index contributed by atoms with van der Waals surface area (Å²) in [6, 6.07) is 7.43. The summed E-state index contributed by atoms with van der Waals surface area (Å²) >= 11 is 6.08. The first-order valence-corrected chi connectivity index (χ1v) is 9.94. The highest BCUT2D eigenvalue weighted by atomic mass is 35.5. The van der Waals surface area contributed by atoms with E-state index in [9.17, 15) is 4.79 Å². The number of nitrogens with one attached hydrogen (secondary N) is 2. The van der Waals surface area contributed by atoms with E-state index < -0.39 is 0 Å². The summed E-state index contributed by atoms with van der Waals surface area (Å²) in [5.74, 6) is 1.86. The minimum Gasteiger partial charge on any atom is -0.488 e. The number of nitrogens with zero attached hydrogens (tertiary/aromatic N) is 4. The van der Waals surface area contributed by atoms with Crippen LogP contribution in [0, 0.1) is 0 Å². The number of hydrogen-bond donors (Lipinski definition) is 2. The second kappa shape index (κ2) is 8.96. The number of aromatic amines is 1. The summed E-state index contributed by atoms with van der Waals surface area (Å²) in [4.78, 5) is 29.9. The molecule has 1 unspecified atom stereocenters. The number of imidazole rings is 1. The highest BCUT2D eigenvalue weighted by Gasteiger charge is 2.25. The highest BCUT2D eigenvalue weighted by molar-refractivity contribution is 6.32. The van der Waals surface area contributed by atoms with Gasteiger partial charge < -0.3 is 19.9 Å². The molecule has 8 nitrogen and oxygen atoms in total. The van der Waals surface area contributed by atoms with Crippen molar-refractivity contribution in [3.63, 3.8) is 0 Å². The Labute approximate surface area is 178 Å². The molecule has 0 bridgehead atoms. The lowest BCUT2D eigenvalue weighted by Crippen LogP contribution is -2.30. The molecular weight excluding hydrogens is 404 g/mol. The predicted octanol–water partition coefficient (Wildman–Crippen LogP) is 3.30. The van der Waals surface area contributed by atoms with Crippen molar-refractivity contribution in [1.29, 1.82) is 0 Å². The average Bonchev–Trinajstić information content (AvgIpc) is 3.39. The molecule has 1 saturated heterocycles. The molecule has 1 aliphatic rings. The van der Waals surface area contributed by atoms with Crippen molar-refractivity contribution in [1.82, 2.24) is 24.8 Å². The monoisotopic (exact) mass is 424 g/mol. The number of para-hydroxylation sites is 1. The Hall–Kier alpha value is -3.39. The zero-order valence-corrected chi connectivity index (χ0v) is 17.0. The van der Waals surface area contributed by atoms with Gasteiger partial charge in [0, 0.05) is 19.1 Å². The molecule has 1 fully saturated rings. The summed E-state index contributed by atoms with van der Waals surface area (Å²) in [6.07, 6.45) is 7.33. The number of H-pyrrole nitrogens is 1. The first kappa shape index (κ1) is 19.9. The van der Waals surface area contributed by atoms with E-state index in [0.717, 1.165) is 6.42 Å². The molecule has 0 radical (unpaired) electrons. The molecule has 3 heterocycles. The van der Waals surface area contributed by atoms with E-state index in [1.807, 2.05) is 30.4 Å². The van der Waals surface area contributed by atoms with Gasteiger partial charge in [-0.2, -0.15) is 0 Å². The first-order valence-electron chi connectivity index (χ1n) is 9.56. The second-order valence-electron chi connectivity index (χ2n) is 6.80. The maximum Gasteiger partial charge on any atom is 0.246 e. The Morgan fingerprint density at radius 2 is 2.27 bits per heavy atom. The second-order valence-corrected chi connectivity index (χ2v) is 7.21. The zero-order valence-electron chi connectivity index (χ0n) is 16.2. The van der Waals surface area contributed by atoms with Gasteiger partial charge >= 0.3 is 0 Å². The van der Waals surface area contributed by atoms with Gasteiger partial charge in [0.05, 0.1) is 5.02 Å². The third kappa shape index (κ3) is 4.44. The third-order valence-electron chi connectivity index (χ3n) is 4.76. The molecule has 3 aromatic rings. The number of carbonyl (C=O) groups is 1. The highest BCUT2D eigenvalue weighted by Crippen LogP contribution is 2.23. The van der Waals surface area contributed by atoms with Crippen LogP contribution >= 0.6 is 11.6 Å². The molecule has 1 aliphatic heterocycles. The number of anilines is 1. The maximum absolute atomic E-state index is 11.8. The Kier molecular flexibility index (Phi) is 5.94. The van der Waals surface area contributed by atoms with Gasteiger partial charge in [0.2, 0.25) is 5.91 Å². The van der Waals surface area contributed by atoms with Crippen LogP contribution in [0.4, 0.5) is 5.82 Å². The van der Waals surface area contributed by atoms with E-state index in [4.69, 9.17) is 16.3 Å². The number of rotatable bonds is 7. The average molecular weight is 425 g/mol. The van der Waals surface area contributed by atoms with Crippen molar-refractivity contribution in [3.05, 3.63) is 60.2 Å². The van der Waals surface area contributed by atoms with E-state index in [-0.39, 0.29) is 11.9 Å². The lowest BCUT2D eigenvalue weighted by atomic mass is 10.2. The molecule has 9 heteroatoms. The Morgan fingerprint density at radius 3 is 3.10 bits per heavy atom. The molecule has 1 atom stereocenters. The fourth-order valence-corrected chi connectivity index (χ4v) is 3.48. The van der Waals surface area contributed by atoms with E-state index in [1.165, 1.54) is 12.4 Å². The van der Waals surface area contributed by atoms with Gasteiger partial charge in [0.25, 0.3) is 0 Å². The third-order valence-corrected chi connectivity index (χ3v) is 5.08. The zero-order chi connectivity index (χ0) is 20.9. The van der Waals surface area contributed by atoms with Crippen molar-refractivity contribution >= 4 is 40.6 Å². The number of fused-ring (bicyclic) bond motifs is 1. The fourth-order valence-electron chi connectivity index (χ4n) is 3.29. The molecule has 2 N–H and O–H groups in total. The summed E-state index contributed by atoms with van der Waals surface area (Å²) in [5.41, 5.74) is 1.29. The van der Waals surface area contributed by atoms with Gasteiger partial charge in [-0.25, -0.2) is 15.0 Å². The standard InChI is InChI=1S/C21H21ClN6O2/c1-2-18(29)28-10-9-14(12-28)25-20-19-21(24-13-23-20)27-17(26-19)8-5-11-30-16-7-4-3-6-15(16)22/h2-8,13-14H,1,9-12H2,(H2,23,24,25,26,27)/b8-5+. The first-order chi connectivity index (χ1) is 14.6. The van der Waals surface area contributed by atoms with Gasteiger partial charge in [0.15, 0.2) is 17.0 Å². The van der Waals surface area contributed by atoms with Crippen molar-refractivity contribution in [2.45, 2.75) is 12.5 Å². The smallest absolute Gasteiger partial charge is 0.246 e. The minimum atomic E-state index is -0.0571. The van der Waals surface area contributed by atoms with Crippen LogP contribution in [0.2, 0.25) is 5.02 Å². The van der Waals surface area contributed by atoms with Gasteiger partial charge in [-0.05, 0) is 36.8 Å². The number of likely N-dealkylation sites (tertiary alicyclic amines) is 1. The Morgan fingerprint density at radius 1 is 1.40 bits per heavy atom. The molecule has 0 saturated carbocycles. The molecule has 0 aliphatic carbocycles. The molecule has 2 aromatic heterocycles. The molecule has 1 amide bonds. The Balaban J connectivity index is 1.41. The predicted molar refractivity (Wildman–Crippen MR) is 116 cm³/mol. The van der Waals surface area contributed by atoms with Crippen LogP contribution in [0.3, 0.4) is 0 Å². The van der Waals surface area contributed by atoms with E-state index in [2.05, 4.69) is 31.8 Å². The van der Waals surface area contributed by atoms with Gasteiger partial charge in [0.1, 0.15) is 24.5 Å². The van der Waals surface area contributed by atoms with Gasteiger partial charge in [-0.15, -0.1) is 0 Å². The Bertz CT molecular complexity index is 1100. The maximum atomic E-state index is 11.8. The van der Waals surface area contributed by atoms with Crippen LogP contribution < -0.4 is 10.1 Å². The van der Waals surface area contributed by atoms with Crippen LogP contribution in [0.5, 0.6) is 5.75 Å². The van der Waals surface area contributed by atoms with Crippen molar-refractivity contribution in [2.75, 3.05) is 25.0 Å². The van der Waals surface area contributed by atoms with Crippen molar-refractivity contribution < 1.29 is 9.53 Å². The van der Waals surface area contributed by atoms with Crippen LogP contribution in [0.25, 0.3) is 17.2 Å². The molecule has 154 valence electrons. The number of amides is 1. The molecular formula is C21H21ClN6O2. The van der Waals surface area contributed by atoms with Crippen LogP contribution in [0.1, 0.15) is 12.2 Å².